The maximum absolute atomic E-state index is 6.40. The smallest absolute Gasteiger partial charge is 0.207 e. The van der Waals surface area contributed by atoms with E-state index in [0.29, 0.717) is 0 Å². The van der Waals surface area contributed by atoms with Crippen molar-refractivity contribution in [3.05, 3.63) is 48.2 Å². The van der Waals surface area contributed by atoms with Crippen LogP contribution in [0.4, 0.5) is 0 Å². The molecule has 0 aliphatic carbocycles. The van der Waals surface area contributed by atoms with Gasteiger partial charge in [0.1, 0.15) is 0 Å². The van der Waals surface area contributed by atoms with Crippen molar-refractivity contribution in [2.45, 2.75) is 45.1 Å². The lowest BCUT2D eigenvalue weighted by molar-refractivity contribution is 0.0866. The van der Waals surface area contributed by atoms with Crippen LogP contribution in [-0.2, 0) is 4.43 Å². The normalized spacial score (nSPS) is 13.5. The standard InChI is InChI=1S/C20H27N3OSSi/c1-20(2,3)18(24-26(5)6)15-9-7-8-14(12-15)17-11-10-16-13-21-19(25-4)22-23(16)17/h7-13,18,26H,1-6H3. The molecular weight excluding hydrogens is 358 g/mol. The van der Waals surface area contributed by atoms with Gasteiger partial charge in [0.25, 0.3) is 0 Å². The Hall–Kier alpha value is -1.63. The summed E-state index contributed by atoms with van der Waals surface area (Å²) in [6, 6.07) is 12.8. The van der Waals surface area contributed by atoms with Crippen LogP contribution in [-0.4, -0.2) is 29.9 Å². The molecule has 2 heterocycles. The zero-order valence-corrected chi connectivity index (χ0v) is 18.3. The quantitative estimate of drug-likeness (QED) is 0.447. The third kappa shape index (κ3) is 4.03. The molecule has 0 saturated carbocycles. The third-order valence-electron chi connectivity index (χ3n) is 4.24. The molecule has 1 aromatic carbocycles. The molecule has 0 aliphatic rings. The monoisotopic (exact) mass is 385 g/mol. The highest BCUT2D eigenvalue weighted by molar-refractivity contribution is 7.98. The van der Waals surface area contributed by atoms with Crippen molar-refractivity contribution < 1.29 is 4.43 Å². The van der Waals surface area contributed by atoms with Crippen LogP contribution in [0.25, 0.3) is 16.8 Å². The number of benzene rings is 1. The van der Waals surface area contributed by atoms with Crippen LogP contribution in [0.5, 0.6) is 0 Å². The van der Waals surface area contributed by atoms with Gasteiger partial charge in [-0.1, -0.05) is 50.7 Å². The van der Waals surface area contributed by atoms with Crippen molar-refractivity contribution in [3.63, 3.8) is 0 Å². The Morgan fingerprint density at radius 1 is 1.15 bits per heavy atom. The summed E-state index contributed by atoms with van der Waals surface area (Å²) in [6.07, 6.45) is 3.96. The first-order valence-corrected chi connectivity index (χ1v) is 12.9. The molecule has 1 atom stereocenters. The minimum absolute atomic E-state index is 0.0469. The van der Waals surface area contributed by atoms with E-state index in [2.05, 4.69) is 80.3 Å². The van der Waals surface area contributed by atoms with Crippen molar-refractivity contribution in [2.75, 3.05) is 6.26 Å². The molecular formula is C20H27N3OSSi. The van der Waals surface area contributed by atoms with E-state index in [0.717, 1.165) is 21.9 Å². The summed E-state index contributed by atoms with van der Waals surface area (Å²) in [4.78, 5) is 4.36. The van der Waals surface area contributed by atoms with Gasteiger partial charge in [-0.3, -0.25) is 0 Å². The molecule has 6 heteroatoms. The van der Waals surface area contributed by atoms with Crippen LogP contribution in [0.3, 0.4) is 0 Å². The number of nitrogens with zero attached hydrogens (tertiary/aromatic N) is 3. The number of thioether (sulfide) groups is 1. The van der Waals surface area contributed by atoms with Gasteiger partial charge < -0.3 is 4.43 Å². The predicted octanol–water partition coefficient (Wildman–Crippen LogP) is 5.21. The summed E-state index contributed by atoms with van der Waals surface area (Å²) in [5, 5.41) is 5.42. The molecule has 0 aliphatic heterocycles. The molecule has 0 amide bonds. The van der Waals surface area contributed by atoms with E-state index >= 15 is 0 Å². The Morgan fingerprint density at radius 3 is 2.58 bits per heavy atom. The van der Waals surface area contributed by atoms with Gasteiger partial charge in [-0.15, -0.1) is 5.10 Å². The molecule has 0 N–H and O–H groups in total. The average Bonchev–Trinajstić information content (AvgIpc) is 3.01. The average molecular weight is 386 g/mol. The third-order valence-corrected chi connectivity index (χ3v) is 5.61. The highest BCUT2D eigenvalue weighted by atomic mass is 32.2. The largest absolute Gasteiger partial charge is 0.413 e. The Kier molecular flexibility index (Phi) is 5.55. The van der Waals surface area contributed by atoms with Gasteiger partial charge in [0.15, 0.2) is 9.04 Å². The summed E-state index contributed by atoms with van der Waals surface area (Å²) in [5.74, 6) is 0. The fourth-order valence-corrected chi connectivity index (χ4v) is 4.55. The minimum atomic E-state index is -1.16. The number of hydrogen-bond acceptors (Lipinski definition) is 4. The fourth-order valence-electron chi connectivity index (χ4n) is 3.11. The van der Waals surface area contributed by atoms with E-state index in [9.17, 15) is 0 Å². The minimum Gasteiger partial charge on any atom is -0.413 e. The van der Waals surface area contributed by atoms with Crippen LogP contribution in [0.1, 0.15) is 32.4 Å². The molecule has 0 saturated heterocycles. The van der Waals surface area contributed by atoms with Crippen LogP contribution in [0.15, 0.2) is 47.8 Å². The van der Waals surface area contributed by atoms with E-state index < -0.39 is 9.04 Å². The van der Waals surface area contributed by atoms with E-state index in [-0.39, 0.29) is 11.5 Å². The van der Waals surface area contributed by atoms with E-state index in [4.69, 9.17) is 4.43 Å². The first-order chi connectivity index (χ1) is 12.3. The summed E-state index contributed by atoms with van der Waals surface area (Å²) in [5.41, 5.74) is 4.50. The molecule has 0 spiro atoms. The topological polar surface area (TPSA) is 39.4 Å². The molecule has 0 bridgehead atoms. The Labute approximate surface area is 161 Å². The summed E-state index contributed by atoms with van der Waals surface area (Å²) in [7, 11) is -1.16. The van der Waals surface area contributed by atoms with Crippen molar-refractivity contribution >= 4 is 26.3 Å². The van der Waals surface area contributed by atoms with Crippen molar-refractivity contribution in [3.8, 4) is 11.3 Å². The van der Waals surface area contributed by atoms with Crippen LogP contribution < -0.4 is 0 Å². The maximum Gasteiger partial charge on any atom is 0.207 e. The fraction of sp³-hybridized carbons (Fsp3) is 0.400. The van der Waals surface area contributed by atoms with Crippen LogP contribution in [0.2, 0.25) is 13.1 Å². The highest BCUT2D eigenvalue weighted by Crippen LogP contribution is 2.38. The predicted molar refractivity (Wildman–Crippen MR) is 112 cm³/mol. The second-order valence-electron chi connectivity index (χ2n) is 7.86. The Morgan fingerprint density at radius 2 is 1.92 bits per heavy atom. The van der Waals surface area contributed by atoms with Gasteiger partial charge in [0, 0.05) is 5.56 Å². The summed E-state index contributed by atoms with van der Waals surface area (Å²) >= 11 is 1.55. The second-order valence-corrected chi connectivity index (χ2v) is 11.0. The zero-order chi connectivity index (χ0) is 18.9. The van der Waals surface area contributed by atoms with Crippen molar-refractivity contribution in [1.29, 1.82) is 0 Å². The molecule has 26 heavy (non-hydrogen) atoms. The van der Waals surface area contributed by atoms with Crippen LogP contribution >= 0.6 is 11.8 Å². The molecule has 3 rings (SSSR count). The number of rotatable bonds is 5. The number of hydrogen-bond donors (Lipinski definition) is 0. The number of aromatic nitrogens is 3. The van der Waals surface area contributed by atoms with E-state index in [1.807, 2.05) is 17.0 Å². The SMILES string of the molecule is CSc1ncc2ccc(-c3cccc(C(O[SiH](C)C)C(C)(C)C)c3)n2n1. The Bertz CT molecular complexity index is 901. The molecule has 2 aromatic heterocycles. The van der Waals surface area contributed by atoms with Gasteiger partial charge >= 0.3 is 0 Å². The van der Waals surface area contributed by atoms with Gasteiger partial charge in [0.05, 0.1) is 23.5 Å². The summed E-state index contributed by atoms with van der Waals surface area (Å²) < 4.78 is 8.37. The first kappa shape index (κ1) is 19.1. The maximum atomic E-state index is 6.40. The second kappa shape index (κ2) is 7.54. The van der Waals surface area contributed by atoms with Gasteiger partial charge in [-0.05, 0) is 48.5 Å². The van der Waals surface area contributed by atoms with Crippen LogP contribution in [0, 0.1) is 5.41 Å². The zero-order valence-electron chi connectivity index (χ0n) is 16.4. The first-order valence-electron chi connectivity index (χ1n) is 8.94. The Balaban J connectivity index is 2.07. The van der Waals surface area contributed by atoms with Gasteiger partial charge in [-0.25, -0.2) is 9.50 Å². The molecule has 1 unspecified atom stereocenters. The molecule has 4 nitrogen and oxygen atoms in total. The molecule has 0 fully saturated rings. The van der Waals surface area contributed by atoms with Gasteiger partial charge in [-0.2, -0.15) is 0 Å². The molecule has 3 aromatic rings. The lowest BCUT2D eigenvalue weighted by atomic mass is 9.84. The molecule has 0 radical (unpaired) electrons. The van der Waals surface area contributed by atoms with E-state index in [1.54, 1.807) is 11.8 Å². The van der Waals surface area contributed by atoms with Gasteiger partial charge in [0.2, 0.25) is 5.16 Å². The summed E-state index contributed by atoms with van der Waals surface area (Å²) in [6.45, 7) is 11.2. The van der Waals surface area contributed by atoms with Crippen molar-refractivity contribution in [2.24, 2.45) is 5.41 Å². The lowest BCUT2D eigenvalue weighted by Crippen LogP contribution is -2.25. The lowest BCUT2D eigenvalue weighted by Gasteiger charge is -2.33. The highest BCUT2D eigenvalue weighted by Gasteiger charge is 2.28. The molecule has 138 valence electrons. The van der Waals surface area contributed by atoms with Crippen molar-refractivity contribution in [1.82, 2.24) is 14.6 Å². The van der Waals surface area contributed by atoms with E-state index in [1.165, 1.54) is 5.56 Å². The number of fused-ring (bicyclic) bond motifs is 1.